The van der Waals surface area contributed by atoms with Crippen molar-refractivity contribution in [3.63, 3.8) is 0 Å². The highest BCUT2D eigenvalue weighted by Gasteiger charge is 2.54. The summed E-state index contributed by atoms with van der Waals surface area (Å²) in [5.74, 6) is 0.105. The molecule has 2 aliphatic rings. The topological polar surface area (TPSA) is 81.7 Å². The van der Waals surface area contributed by atoms with Gasteiger partial charge in [0.1, 0.15) is 11.5 Å². The number of ether oxygens (including phenoxy) is 2. The molecule has 1 fully saturated rings. The lowest BCUT2D eigenvalue weighted by atomic mass is 9.81. The van der Waals surface area contributed by atoms with E-state index in [0.717, 1.165) is 11.1 Å². The van der Waals surface area contributed by atoms with Crippen molar-refractivity contribution in [3.8, 4) is 11.5 Å². The molecule has 1 amide bonds. The van der Waals surface area contributed by atoms with Crippen LogP contribution in [0.25, 0.3) is 0 Å². The van der Waals surface area contributed by atoms with Gasteiger partial charge in [-0.2, -0.15) is 0 Å². The van der Waals surface area contributed by atoms with Crippen molar-refractivity contribution in [3.05, 3.63) is 53.1 Å². The molecule has 0 radical (unpaired) electrons. The lowest BCUT2D eigenvalue weighted by molar-refractivity contribution is -0.132. The number of methoxy groups -OCH3 is 1. The van der Waals surface area contributed by atoms with Crippen LogP contribution < -0.4 is 14.8 Å². The average molecular weight is 401 g/mol. The van der Waals surface area contributed by atoms with Gasteiger partial charge in [-0.15, -0.1) is 0 Å². The van der Waals surface area contributed by atoms with Crippen LogP contribution in [0.15, 0.2) is 41.3 Å². The minimum Gasteiger partial charge on any atom is -0.497 e. The third-order valence-corrected chi connectivity index (χ3v) is 7.84. The van der Waals surface area contributed by atoms with Gasteiger partial charge < -0.3 is 14.8 Å². The number of sulfone groups is 1. The molecule has 28 heavy (non-hydrogen) atoms. The number of nitrogens with one attached hydrogen (secondary N) is 1. The standard InChI is InChI=1S/C21H23NO5S/c1-12-5-7-15(9-13(12)2)28(24,25)19-17-11-21(3,22-20(19)23)27-18-8-6-14(26-4)10-16(17)18/h5-10,17,19H,11H2,1-4H3,(H,22,23)/t17-,19-,21+/m1/s1. The number of benzene rings is 2. The van der Waals surface area contributed by atoms with E-state index < -0.39 is 32.6 Å². The third kappa shape index (κ3) is 2.85. The van der Waals surface area contributed by atoms with Crippen LogP contribution >= 0.6 is 0 Å². The summed E-state index contributed by atoms with van der Waals surface area (Å²) in [4.78, 5) is 13.1. The second-order valence-electron chi connectivity index (χ2n) is 7.75. The van der Waals surface area contributed by atoms with Crippen LogP contribution in [0.1, 0.15) is 36.0 Å². The average Bonchev–Trinajstić information content (AvgIpc) is 2.62. The van der Waals surface area contributed by atoms with Crippen LogP contribution in [0, 0.1) is 13.8 Å². The van der Waals surface area contributed by atoms with Gasteiger partial charge in [0, 0.05) is 17.9 Å². The van der Waals surface area contributed by atoms with Crippen molar-refractivity contribution in [1.29, 1.82) is 0 Å². The second-order valence-corrected chi connectivity index (χ2v) is 9.82. The Labute approximate surface area is 164 Å². The van der Waals surface area contributed by atoms with Crippen molar-refractivity contribution in [2.75, 3.05) is 7.11 Å². The van der Waals surface area contributed by atoms with Crippen LogP contribution in [0.3, 0.4) is 0 Å². The van der Waals surface area contributed by atoms with E-state index in [4.69, 9.17) is 9.47 Å². The first-order valence-corrected chi connectivity index (χ1v) is 10.7. The lowest BCUT2D eigenvalue weighted by Crippen LogP contribution is -2.63. The summed E-state index contributed by atoms with van der Waals surface area (Å²) in [6.45, 7) is 5.55. The smallest absolute Gasteiger partial charge is 0.242 e. The summed E-state index contributed by atoms with van der Waals surface area (Å²) in [7, 11) is -2.35. The lowest BCUT2D eigenvalue weighted by Gasteiger charge is -2.46. The maximum atomic E-state index is 13.5. The van der Waals surface area contributed by atoms with E-state index in [9.17, 15) is 13.2 Å². The fraction of sp³-hybridized carbons (Fsp3) is 0.381. The van der Waals surface area contributed by atoms with Gasteiger partial charge in [0.25, 0.3) is 0 Å². The number of rotatable bonds is 3. The molecular formula is C21H23NO5S. The predicted octanol–water partition coefficient (Wildman–Crippen LogP) is 2.87. The molecule has 2 aromatic carbocycles. The van der Waals surface area contributed by atoms with Gasteiger partial charge in [0.05, 0.1) is 12.0 Å². The molecule has 0 saturated carbocycles. The minimum absolute atomic E-state index is 0.162. The minimum atomic E-state index is -3.90. The monoisotopic (exact) mass is 401 g/mol. The van der Waals surface area contributed by atoms with Gasteiger partial charge in [-0.1, -0.05) is 6.07 Å². The van der Waals surface area contributed by atoms with Crippen LogP contribution in [0.2, 0.25) is 0 Å². The molecule has 7 heteroatoms. The van der Waals surface area contributed by atoms with Crippen molar-refractivity contribution in [1.82, 2.24) is 5.32 Å². The van der Waals surface area contributed by atoms with Crippen molar-refractivity contribution >= 4 is 15.7 Å². The maximum absolute atomic E-state index is 13.5. The maximum Gasteiger partial charge on any atom is 0.242 e. The van der Waals surface area contributed by atoms with Crippen LogP contribution in [-0.4, -0.2) is 32.4 Å². The highest BCUT2D eigenvalue weighted by atomic mass is 32.2. The van der Waals surface area contributed by atoms with E-state index in [2.05, 4.69) is 5.32 Å². The normalized spacial score (nSPS) is 26.1. The first-order chi connectivity index (χ1) is 13.1. The number of carbonyl (C=O) groups excluding carboxylic acids is 1. The molecule has 148 valence electrons. The Morgan fingerprint density at radius 1 is 1.14 bits per heavy atom. The Morgan fingerprint density at radius 3 is 2.57 bits per heavy atom. The first kappa shape index (κ1) is 18.8. The Morgan fingerprint density at radius 2 is 1.89 bits per heavy atom. The van der Waals surface area contributed by atoms with Gasteiger partial charge in [0.15, 0.2) is 20.8 Å². The van der Waals surface area contributed by atoms with Crippen molar-refractivity contribution in [2.24, 2.45) is 0 Å². The van der Waals surface area contributed by atoms with Crippen LogP contribution in [-0.2, 0) is 14.6 Å². The van der Waals surface area contributed by atoms with E-state index in [-0.39, 0.29) is 4.90 Å². The van der Waals surface area contributed by atoms with Crippen LogP contribution in [0.5, 0.6) is 11.5 Å². The summed E-state index contributed by atoms with van der Waals surface area (Å²) in [5.41, 5.74) is 1.62. The fourth-order valence-corrected chi connectivity index (χ4v) is 6.01. The molecule has 3 atom stereocenters. The van der Waals surface area contributed by atoms with Crippen LogP contribution in [0.4, 0.5) is 0 Å². The zero-order valence-corrected chi connectivity index (χ0v) is 17.1. The number of hydrogen-bond donors (Lipinski definition) is 1. The first-order valence-electron chi connectivity index (χ1n) is 9.15. The number of fused-ring (bicyclic) bond motifs is 4. The molecule has 1 N–H and O–H groups in total. The molecule has 2 heterocycles. The second kappa shape index (κ2) is 6.24. The Kier molecular flexibility index (Phi) is 4.19. The number of aryl methyl sites for hydroxylation is 2. The molecular weight excluding hydrogens is 378 g/mol. The molecule has 2 aromatic rings. The number of hydrogen-bond acceptors (Lipinski definition) is 5. The van der Waals surface area contributed by atoms with Crippen molar-refractivity contribution < 1.29 is 22.7 Å². The Bertz CT molecular complexity index is 1080. The molecule has 0 aliphatic carbocycles. The largest absolute Gasteiger partial charge is 0.497 e. The predicted molar refractivity (Wildman–Crippen MR) is 104 cm³/mol. The van der Waals surface area contributed by atoms with E-state index in [1.165, 1.54) is 0 Å². The van der Waals surface area contributed by atoms with Crippen molar-refractivity contribution in [2.45, 2.75) is 49.0 Å². The quantitative estimate of drug-likeness (QED) is 0.855. The molecule has 2 bridgehead atoms. The van der Waals surface area contributed by atoms with Gasteiger partial charge in [0.2, 0.25) is 5.91 Å². The van der Waals surface area contributed by atoms with E-state index in [1.807, 2.05) is 13.8 Å². The summed E-state index contributed by atoms with van der Waals surface area (Å²) in [5, 5.41) is 1.55. The zero-order chi connectivity index (χ0) is 20.3. The van der Waals surface area contributed by atoms with E-state index in [1.54, 1.807) is 50.4 Å². The molecule has 4 rings (SSSR count). The highest BCUT2D eigenvalue weighted by molar-refractivity contribution is 7.92. The summed E-state index contributed by atoms with van der Waals surface area (Å²) >= 11 is 0. The Balaban J connectivity index is 1.86. The van der Waals surface area contributed by atoms with Gasteiger partial charge >= 0.3 is 0 Å². The molecule has 0 spiro atoms. The number of piperidine rings is 1. The summed E-state index contributed by atoms with van der Waals surface area (Å²) < 4.78 is 38.3. The molecule has 0 unspecified atom stereocenters. The summed E-state index contributed by atoms with van der Waals surface area (Å²) in [6.07, 6.45) is 0.369. The highest BCUT2D eigenvalue weighted by Crippen LogP contribution is 2.48. The van der Waals surface area contributed by atoms with Gasteiger partial charge in [-0.3, -0.25) is 4.79 Å². The van der Waals surface area contributed by atoms with E-state index in [0.29, 0.717) is 23.5 Å². The zero-order valence-electron chi connectivity index (χ0n) is 16.3. The van der Waals surface area contributed by atoms with Gasteiger partial charge in [-0.25, -0.2) is 8.42 Å². The SMILES string of the molecule is COc1ccc2c(c1)[C@H]1C[C@@](C)(NC(=O)[C@@H]1S(=O)(=O)c1ccc(C)c(C)c1)O2. The number of amides is 1. The van der Waals surface area contributed by atoms with E-state index >= 15 is 0 Å². The molecule has 0 aromatic heterocycles. The molecule has 1 saturated heterocycles. The number of carbonyl (C=O) groups is 1. The Hall–Kier alpha value is -2.54. The summed E-state index contributed by atoms with van der Waals surface area (Å²) in [6, 6.07) is 10.3. The van der Waals surface area contributed by atoms with Gasteiger partial charge in [-0.05, 0) is 62.2 Å². The molecule has 6 nitrogen and oxygen atoms in total. The molecule has 2 aliphatic heterocycles. The fourth-order valence-electron chi connectivity index (χ4n) is 4.11. The third-order valence-electron chi connectivity index (χ3n) is 5.71.